The summed E-state index contributed by atoms with van der Waals surface area (Å²) in [4.78, 5) is 16.0. The van der Waals surface area contributed by atoms with Gasteiger partial charge in [-0.25, -0.2) is 15.0 Å². The minimum atomic E-state index is -0.00466. The molecule has 9 aromatic carbocycles. The van der Waals surface area contributed by atoms with Crippen molar-refractivity contribution in [1.29, 1.82) is 0 Å². The lowest BCUT2D eigenvalue weighted by atomic mass is 9.83. The molecule has 0 N–H and O–H groups in total. The maximum atomic E-state index is 7.06. The van der Waals surface area contributed by atoms with Crippen molar-refractivity contribution in [1.82, 2.24) is 15.0 Å². The summed E-state index contributed by atoms with van der Waals surface area (Å²) in [7, 11) is 0. The van der Waals surface area contributed by atoms with E-state index in [4.69, 9.17) is 19.4 Å². The van der Waals surface area contributed by atoms with Crippen LogP contribution in [0.15, 0.2) is 186 Å². The average molecular weight is 800 g/mol. The SMILES string of the molecule is Cc1ccccc1-c1cc2ccccc2cc1C(C)c1cc(-c2nc(-c3ccccc3)nc(-c3cccc4c3sc3ccccc34)n2)c2oc3c4ccccc4ccc3c2c1. The lowest BCUT2D eigenvalue weighted by molar-refractivity contribution is 0.673. The second-order valence-corrected chi connectivity index (χ2v) is 17.0. The van der Waals surface area contributed by atoms with Gasteiger partial charge in [-0.15, -0.1) is 11.3 Å². The highest BCUT2D eigenvalue weighted by Crippen LogP contribution is 2.45. The molecule has 0 saturated heterocycles. The van der Waals surface area contributed by atoms with E-state index in [1.54, 1.807) is 11.3 Å². The molecule has 0 radical (unpaired) electrons. The van der Waals surface area contributed by atoms with Crippen molar-refractivity contribution in [3.05, 3.63) is 199 Å². The number of rotatable bonds is 6. The van der Waals surface area contributed by atoms with Crippen LogP contribution in [0.1, 0.15) is 29.5 Å². The number of aromatic nitrogens is 3. The number of thiophene rings is 1. The van der Waals surface area contributed by atoms with Gasteiger partial charge < -0.3 is 4.42 Å². The number of fused-ring (bicyclic) bond motifs is 9. The van der Waals surface area contributed by atoms with Crippen LogP contribution in [0.3, 0.4) is 0 Å². The molecule has 4 nitrogen and oxygen atoms in total. The molecule has 1 atom stereocenters. The predicted octanol–water partition coefficient (Wildman–Crippen LogP) is 15.6. The Morgan fingerprint density at radius 2 is 1.10 bits per heavy atom. The van der Waals surface area contributed by atoms with Crippen LogP contribution in [0.4, 0.5) is 0 Å². The molecule has 0 amide bonds. The summed E-state index contributed by atoms with van der Waals surface area (Å²) in [6, 6.07) is 64.8. The van der Waals surface area contributed by atoms with E-state index in [0.29, 0.717) is 17.5 Å². The van der Waals surface area contributed by atoms with Gasteiger partial charge in [0.15, 0.2) is 17.5 Å². The summed E-state index contributed by atoms with van der Waals surface area (Å²) in [6.45, 7) is 4.53. The summed E-state index contributed by atoms with van der Waals surface area (Å²) >= 11 is 1.78. The van der Waals surface area contributed by atoms with Crippen LogP contribution in [-0.2, 0) is 0 Å². The van der Waals surface area contributed by atoms with Crippen molar-refractivity contribution in [2.75, 3.05) is 0 Å². The minimum Gasteiger partial charge on any atom is -0.455 e. The van der Waals surface area contributed by atoms with E-state index in [2.05, 4.69) is 178 Å². The van der Waals surface area contributed by atoms with Gasteiger partial charge in [-0.05, 0) is 93.4 Å². The Morgan fingerprint density at radius 1 is 0.443 bits per heavy atom. The second-order valence-electron chi connectivity index (χ2n) is 16.0. The molecule has 12 rings (SSSR count). The van der Waals surface area contributed by atoms with E-state index in [1.807, 2.05) is 18.2 Å². The third-order valence-corrected chi connectivity index (χ3v) is 13.6. The van der Waals surface area contributed by atoms with Gasteiger partial charge in [-0.2, -0.15) is 0 Å². The van der Waals surface area contributed by atoms with Crippen molar-refractivity contribution in [3.8, 4) is 45.3 Å². The van der Waals surface area contributed by atoms with Crippen LogP contribution in [0.5, 0.6) is 0 Å². The second kappa shape index (κ2) is 14.1. The number of hydrogen-bond donors (Lipinski definition) is 0. The number of nitrogens with zero attached hydrogens (tertiary/aromatic N) is 3. The molecule has 3 aromatic heterocycles. The number of aryl methyl sites for hydroxylation is 1. The van der Waals surface area contributed by atoms with Crippen molar-refractivity contribution in [3.63, 3.8) is 0 Å². The third-order valence-electron chi connectivity index (χ3n) is 12.4. The molecule has 0 aliphatic heterocycles. The lowest BCUT2D eigenvalue weighted by Crippen LogP contribution is -2.03. The molecule has 0 aliphatic carbocycles. The van der Waals surface area contributed by atoms with E-state index in [1.165, 1.54) is 48.5 Å². The third kappa shape index (κ3) is 5.84. The quantitative estimate of drug-likeness (QED) is 0.168. The number of furan rings is 1. The Bertz CT molecular complexity index is 3700. The zero-order valence-corrected chi connectivity index (χ0v) is 34.4. The first-order valence-corrected chi connectivity index (χ1v) is 21.6. The molecule has 3 heterocycles. The van der Waals surface area contributed by atoms with Crippen LogP contribution < -0.4 is 0 Å². The summed E-state index contributed by atoms with van der Waals surface area (Å²) < 4.78 is 9.45. The maximum Gasteiger partial charge on any atom is 0.167 e. The molecular formula is C56H37N3OS. The topological polar surface area (TPSA) is 51.8 Å². The highest BCUT2D eigenvalue weighted by molar-refractivity contribution is 7.26. The van der Waals surface area contributed by atoms with E-state index >= 15 is 0 Å². The number of hydrogen-bond acceptors (Lipinski definition) is 5. The molecule has 0 fully saturated rings. The van der Waals surface area contributed by atoms with Crippen LogP contribution in [0, 0.1) is 6.92 Å². The Labute approximate surface area is 356 Å². The van der Waals surface area contributed by atoms with Crippen LogP contribution in [0.25, 0.3) is 109 Å². The van der Waals surface area contributed by atoms with Gasteiger partial charge in [0.25, 0.3) is 0 Å². The molecule has 0 saturated carbocycles. The predicted molar refractivity (Wildman–Crippen MR) is 255 cm³/mol. The van der Waals surface area contributed by atoms with Gasteiger partial charge in [-0.1, -0.05) is 146 Å². The van der Waals surface area contributed by atoms with Crippen LogP contribution in [0.2, 0.25) is 0 Å². The molecule has 288 valence electrons. The molecule has 5 heteroatoms. The Hall–Kier alpha value is -7.47. The first kappa shape index (κ1) is 35.5. The zero-order chi connectivity index (χ0) is 40.6. The van der Waals surface area contributed by atoms with Gasteiger partial charge in [-0.3, -0.25) is 0 Å². The fourth-order valence-electron chi connectivity index (χ4n) is 9.20. The van der Waals surface area contributed by atoms with Crippen molar-refractivity contribution in [2.24, 2.45) is 0 Å². The molecular weight excluding hydrogens is 763 g/mol. The summed E-state index contributed by atoms with van der Waals surface area (Å²) in [5, 5.41) is 9.18. The molecule has 0 aliphatic rings. The molecule has 12 aromatic rings. The molecule has 0 bridgehead atoms. The van der Waals surface area contributed by atoms with E-state index < -0.39 is 0 Å². The Kier molecular flexibility index (Phi) is 8.19. The van der Waals surface area contributed by atoms with E-state index in [-0.39, 0.29) is 5.92 Å². The molecule has 0 spiro atoms. The fourth-order valence-corrected chi connectivity index (χ4v) is 10.4. The van der Waals surface area contributed by atoms with Gasteiger partial charge in [0.05, 0.1) is 5.56 Å². The van der Waals surface area contributed by atoms with Gasteiger partial charge in [0, 0.05) is 53.4 Å². The highest BCUT2D eigenvalue weighted by atomic mass is 32.1. The van der Waals surface area contributed by atoms with Crippen LogP contribution >= 0.6 is 11.3 Å². The fraction of sp³-hybridized carbons (Fsp3) is 0.0536. The number of benzene rings is 9. The van der Waals surface area contributed by atoms with E-state index in [0.717, 1.165) is 59.7 Å². The van der Waals surface area contributed by atoms with E-state index in [9.17, 15) is 0 Å². The summed E-state index contributed by atoms with van der Waals surface area (Å²) in [5.74, 6) is 1.81. The van der Waals surface area contributed by atoms with Gasteiger partial charge in [0.1, 0.15) is 11.2 Å². The maximum absolute atomic E-state index is 7.06. The smallest absolute Gasteiger partial charge is 0.167 e. The first-order valence-electron chi connectivity index (χ1n) is 20.7. The van der Waals surface area contributed by atoms with Gasteiger partial charge in [0.2, 0.25) is 0 Å². The minimum absolute atomic E-state index is 0.00466. The normalized spacial score (nSPS) is 12.4. The van der Waals surface area contributed by atoms with Crippen molar-refractivity contribution >= 4 is 75.0 Å². The standard InChI is InChI=1S/C56H37N3OS/c1-33-15-6-10-21-40(33)47-30-38-20-8-7-19-37(38)29-46(47)34(2)39-31-48-43-28-27-35-16-9-11-22-41(35)51(43)60-52(48)49(32-39)56-58-54(36-17-4-3-5-18-36)57-55(59-56)45-25-14-24-44-42-23-12-13-26-50(42)61-53(44)45/h3-32,34H,1-2H3. The zero-order valence-electron chi connectivity index (χ0n) is 33.6. The Morgan fingerprint density at radius 3 is 1.93 bits per heavy atom. The monoisotopic (exact) mass is 799 g/mol. The van der Waals surface area contributed by atoms with Crippen molar-refractivity contribution < 1.29 is 4.42 Å². The summed E-state index contributed by atoms with van der Waals surface area (Å²) in [5.41, 5.74) is 10.5. The lowest BCUT2D eigenvalue weighted by Gasteiger charge is -2.21. The molecule has 1 unspecified atom stereocenters. The van der Waals surface area contributed by atoms with Crippen molar-refractivity contribution in [2.45, 2.75) is 19.8 Å². The van der Waals surface area contributed by atoms with Gasteiger partial charge >= 0.3 is 0 Å². The Balaban J connectivity index is 1.15. The largest absolute Gasteiger partial charge is 0.455 e. The molecule has 61 heavy (non-hydrogen) atoms. The summed E-state index contributed by atoms with van der Waals surface area (Å²) in [6.07, 6.45) is 0. The first-order chi connectivity index (χ1) is 30.1. The van der Waals surface area contributed by atoms with Crippen LogP contribution in [-0.4, -0.2) is 15.0 Å². The highest BCUT2D eigenvalue weighted by Gasteiger charge is 2.24. The average Bonchev–Trinajstić information content (AvgIpc) is 3.90.